The Kier molecular flexibility index (Phi) is 7.03. The van der Waals surface area contributed by atoms with Crippen LogP contribution < -0.4 is 19.5 Å². The minimum absolute atomic E-state index is 0.139. The number of nitrogens with zero attached hydrogens (tertiary/aromatic N) is 1. The minimum Gasteiger partial charge on any atom is -0.508 e. The molecule has 1 heterocycles. The highest BCUT2D eigenvalue weighted by molar-refractivity contribution is 8.18. The van der Waals surface area contributed by atoms with Crippen molar-refractivity contribution in [3.8, 4) is 23.0 Å². The molecule has 1 aliphatic rings. The maximum atomic E-state index is 13.1. The number of carbonyl (C=O) groups is 1. The van der Waals surface area contributed by atoms with Crippen molar-refractivity contribution in [1.29, 1.82) is 0 Å². The number of ether oxygens (including phenoxy) is 3. The summed E-state index contributed by atoms with van der Waals surface area (Å²) in [6.45, 7) is 0.197. The quantitative estimate of drug-likeness (QED) is 0.462. The van der Waals surface area contributed by atoms with Crippen molar-refractivity contribution in [1.82, 2.24) is 5.32 Å². The first-order valence-corrected chi connectivity index (χ1v) is 11.0. The molecule has 0 aliphatic carbocycles. The van der Waals surface area contributed by atoms with Crippen molar-refractivity contribution < 1.29 is 28.5 Å². The molecule has 9 heteroatoms. The van der Waals surface area contributed by atoms with Crippen LogP contribution in [0.25, 0.3) is 6.08 Å². The fourth-order valence-electron chi connectivity index (χ4n) is 3.14. The average molecular weight is 481 g/mol. The molecule has 1 saturated heterocycles. The molecule has 0 aromatic heterocycles. The molecule has 1 aliphatic heterocycles. The van der Waals surface area contributed by atoms with Crippen LogP contribution >= 0.6 is 11.8 Å². The molecule has 0 unspecified atom stereocenters. The van der Waals surface area contributed by atoms with E-state index < -0.39 is 0 Å². The molecule has 0 saturated carbocycles. The zero-order chi connectivity index (χ0) is 24.1. The topological polar surface area (TPSA) is 89.4 Å². The molecule has 4 rings (SSSR count). The number of methoxy groups -OCH3 is 2. The lowest BCUT2D eigenvalue weighted by Crippen LogP contribution is -2.19. The number of hydrogen-bond acceptors (Lipinski definition) is 7. The first kappa shape index (κ1) is 23.2. The Morgan fingerprint density at radius 2 is 1.68 bits per heavy atom. The average Bonchev–Trinajstić information content (AvgIpc) is 3.18. The van der Waals surface area contributed by atoms with Crippen molar-refractivity contribution in [2.24, 2.45) is 4.99 Å². The van der Waals surface area contributed by atoms with Gasteiger partial charge in [-0.05, 0) is 77.5 Å². The Morgan fingerprint density at radius 3 is 2.29 bits per heavy atom. The molecule has 2 N–H and O–H groups in total. The van der Waals surface area contributed by atoms with Gasteiger partial charge in [0.05, 0.1) is 24.8 Å². The van der Waals surface area contributed by atoms with Gasteiger partial charge in [-0.25, -0.2) is 9.38 Å². The van der Waals surface area contributed by atoms with Crippen LogP contribution in [-0.4, -0.2) is 30.4 Å². The van der Waals surface area contributed by atoms with E-state index in [0.29, 0.717) is 38.6 Å². The van der Waals surface area contributed by atoms with Crippen LogP contribution in [0, 0.1) is 5.82 Å². The second-order valence-electron chi connectivity index (χ2n) is 7.17. The van der Waals surface area contributed by atoms with E-state index in [1.54, 1.807) is 42.5 Å². The lowest BCUT2D eigenvalue weighted by Gasteiger charge is -2.15. The van der Waals surface area contributed by atoms with E-state index in [-0.39, 0.29) is 24.1 Å². The fourth-order valence-corrected chi connectivity index (χ4v) is 3.98. The van der Waals surface area contributed by atoms with Crippen molar-refractivity contribution in [2.45, 2.75) is 6.61 Å². The number of phenolic OH excluding ortho intramolecular Hbond substituents is 1. The lowest BCUT2D eigenvalue weighted by molar-refractivity contribution is -0.115. The van der Waals surface area contributed by atoms with Crippen LogP contribution in [0.5, 0.6) is 23.0 Å². The number of phenols is 1. The predicted octanol–water partition coefficient (Wildman–Crippen LogP) is 5.02. The zero-order valence-electron chi connectivity index (χ0n) is 18.4. The predicted molar refractivity (Wildman–Crippen MR) is 129 cm³/mol. The SMILES string of the molecule is COc1cc(/C=C2\SC(=Nc3ccc(O)cc3)NC2=O)cc(OC)c1OCc1ccc(F)cc1. The van der Waals surface area contributed by atoms with Gasteiger partial charge in [0.2, 0.25) is 5.75 Å². The van der Waals surface area contributed by atoms with E-state index in [1.165, 1.54) is 50.2 Å². The molecule has 1 amide bonds. The van der Waals surface area contributed by atoms with Gasteiger partial charge in [-0.3, -0.25) is 4.79 Å². The molecule has 3 aromatic rings. The first-order valence-electron chi connectivity index (χ1n) is 10.2. The maximum absolute atomic E-state index is 13.1. The fraction of sp³-hybridized carbons (Fsp3) is 0.120. The maximum Gasteiger partial charge on any atom is 0.264 e. The molecular weight excluding hydrogens is 459 g/mol. The number of carbonyl (C=O) groups excluding carboxylic acids is 1. The van der Waals surface area contributed by atoms with Crippen LogP contribution in [-0.2, 0) is 11.4 Å². The molecule has 34 heavy (non-hydrogen) atoms. The van der Waals surface area contributed by atoms with Gasteiger partial charge in [0, 0.05) is 0 Å². The summed E-state index contributed by atoms with van der Waals surface area (Å²) in [7, 11) is 3.02. The Hall–Kier alpha value is -3.98. The number of nitrogens with one attached hydrogen (secondary N) is 1. The lowest BCUT2D eigenvalue weighted by atomic mass is 10.1. The Bertz CT molecular complexity index is 1230. The molecule has 0 radical (unpaired) electrons. The minimum atomic E-state index is -0.318. The smallest absolute Gasteiger partial charge is 0.264 e. The summed E-state index contributed by atoms with van der Waals surface area (Å²) in [5.41, 5.74) is 2.07. The van der Waals surface area contributed by atoms with Crippen LogP contribution in [0.15, 0.2) is 70.6 Å². The highest BCUT2D eigenvalue weighted by atomic mass is 32.2. The third kappa shape index (κ3) is 5.49. The van der Waals surface area contributed by atoms with E-state index >= 15 is 0 Å². The molecule has 174 valence electrons. The highest BCUT2D eigenvalue weighted by Gasteiger charge is 2.24. The summed E-state index contributed by atoms with van der Waals surface area (Å²) >= 11 is 1.20. The standard InChI is InChI=1S/C25H21FN2O5S/c1-31-20-11-16(12-21(32-2)23(20)33-14-15-3-5-17(26)6-4-15)13-22-24(30)28-25(34-22)27-18-7-9-19(29)10-8-18/h3-13,29H,14H2,1-2H3,(H,27,28,30)/b22-13-. The summed E-state index contributed by atoms with van der Waals surface area (Å²) in [6, 6.07) is 15.8. The highest BCUT2D eigenvalue weighted by Crippen LogP contribution is 2.40. The van der Waals surface area contributed by atoms with Gasteiger partial charge in [0.1, 0.15) is 18.2 Å². The van der Waals surface area contributed by atoms with Gasteiger partial charge in [-0.2, -0.15) is 0 Å². The van der Waals surface area contributed by atoms with Crippen LogP contribution in [0.2, 0.25) is 0 Å². The number of rotatable bonds is 7. The van der Waals surface area contributed by atoms with Gasteiger partial charge in [-0.1, -0.05) is 12.1 Å². The summed E-state index contributed by atoms with van der Waals surface area (Å²) in [6.07, 6.45) is 1.70. The van der Waals surface area contributed by atoms with Gasteiger partial charge in [0.15, 0.2) is 16.7 Å². The zero-order valence-corrected chi connectivity index (χ0v) is 19.2. The van der Waals surface area contributed by atoms with Crippen molar-refractivity contribution in [3.63, 3.8) is 0 Å². The van der Waals surface area contributed by atoms with Crippen LogP contribution in [0.3, 0.4) is 0 Å². The van der Waals surface area contributed by atoms with E-state index in [1.807, 2.05) is 0 Å². The van der Waals surface area contributed by atoms with Gasteiger partial charge in [0.25, 0.3) is 5.91 Å². The summed E-state index contributed by atoms with van der Waals surface area (Å²) < 4.78 is 30.0. The summed E-state index contributed by atoms with van der Waals surface area (Å²) in [5.74, 6) is 0.790. The normalized spacial score (nSPS) is 15.4. The van der Waals surface area contributed by atoms with Gasteiger partial charge < -0.3 is 24.6 Å². The molecule has 1 fully saturated rings. The number of benzene rings is 3. The number of thioether (sulfide) groups is 1. The van der Waals surface area contributed by atoms with E-state index in [4.69, 9.17) is 14.2 Å². The summed E-state index contributed by atoms with van der Waals surface area (Å²) in [4.78, 5) is 17.3. The van der Waals surface area contributed by atoms with Crippen LogP contribution in [0.1, 0.15) is 11.1 Å². The molecule has 0 atom stereocenters. The molecular formula is C25H21FN2O5S. The van der Waals surface area contributed by atoms with Crippen LogP contribution in [0.4, 0.5) is 10.1 Å². The second kappa shape index (κ2) is 10.3. The number of amides is 1. The third-order valence-electron chi connectivity index (χ3n) is 4.81. The number of aliphatic imine (C=N–C) groups is 1. The van der Waals surface area contributed by atoms with Crippen molar-refractivity contribution in [3.05, 3.63) is 82.5 Å². The number of aromatic hydroxyl groups is 1. The third-order valence-corrected chi connectivity index (χ3v) is 5.72. The monoisotopic (exact) mass is 480 g/mol. The molecule has 3 aromatic carbocycles. The van der Waals surface area contributed by atoms with Crippen molar-refractivity contribution in [2.75, 3.05) is 14.2 Å². The van der Waals surface area contributed by atoms with Crippen molar-refractivity contribution >= 4 is 34.6 Å². The Labute approximate surface area is 199 Å². The number of amidine groups is 1. The molecule has 7 nitrogen and oxygen atoms in total. The van der Waals surface area contributed by atoms with Gasteiger partial charge in [-0.15, -0.1) is 0 Å². The summed E-state index contributed by atoms with van der Waals surface area (Å²) in [5, 5.41) is 12.6. The second-order valence-corrected chi connectivity index (χ2v) is 8.20. The Balaban J connectivity index is 1.56. The molecule has 0 bridgehead atoms. The largest absolute Gasteiger partial charge is 0.508 e. The van der Waals surface area contributed by atoms with E-state index in [2.05, 4.69) is 10.3 Å². The number of hydrogen-bond donors (Lipinski definition) is 2. The van der Waals surface area contributed by atoms with E-state index in [9.17, 15) is 14.3 Å². The Morgan fingerprint density at radius 1 is 1.03 bits per heavy atom. The van der Waals surface area contributed by atoms with E-state index in [0.717, 1.165) is 5.56 Å². The van der Waals surface area contributed by atoms with Gasteiger partial charge >= 0.3 is 0 Å². The number of halogens is 1. The molecule has 0 spiro atoms. The first-order chi connectivity index (χ1) is 16.4.